The van der Waals surface area contributed by atoms with Gasteiger partial charge in [0.2, 0.25) is 65.0 Å². The minimum atomic E-state index is -1.42. The van der Waals surface area contributed by atoms with Crippen molar-refractivity contribution in [1.29, 1.82) is 0 Å². The predicted octanol–water partition coefficient (Wildman–Crippen LogP) is 0.831. The molecule has 1 aromatic carbocycles. The summed E-state index contributed by atoms with van der Waals surface area (Å²) >= 11 is 0. The number of phenols is 1. The van der Waals surface area contributed by atoms with E-state index in [9.17, 15) is 63.0 Å². The zero-order valence-electron chi connectivity index (χ0n) is 49.5. The van der Waals surface area contributed by atoms with Gasteiger partial charge in [-0.1, -0.05) is 107 Å². The van der Waals surface area contributed by atoms with E-state index < -0.39 is 144 Å². The number of unbranched alkanes of at least 4 members (excludes halogenated alkanes) is 4. The molecule has 0 unspecified atom stereocenters. The van der Waals surface area contributed by atoms with Crippen LogP contribution >= 0.6 is 0 Å². The van der Waals surface area contributed by atoms with Crippen LogP contribution in [0.15, 0.2) is 24.3 Å². The quantitative estimate of drug-likeness (QED) is 0.0965. The third-order valence-corrected chi connectivity index (χ3v) is 15.1. The molecule has 3 aliphatic rings. The van der Waals surface area contributed by atoms with Crippen LogP contribution in [-0.4, -0.2) is 165 Å². The van der Waals surface area contributed by atoms with E-state index in [1.807, 2.05) is 27.7 Å². The molecule has 82 heavy (non-hydrogen) atoms. The van der Waals surface area contributed by atoms with Gasteiger partial charge in [0.25, 0.3) is 0 Å². The van der Waals surface area contributed by atoms with E-state index in [4.69, 9.17) is 5.73 Å². The number of hydrogen-bond acceptors (Lipinski definition) is 13. The molecule has 3 saturated heterocycles. The Morgan fingerprint density at radius 1 is 0.610 bits per heavy atom. The standard InChI is InChI=1S/C58H93N11O13/c1-10-11-12-13-14-16-37-28-47(73)62-40(22-23-46(59)72)57(81)69-31-39(71)29-45(69)58(82)68-24-15-17-44(68)54(78)64-43(27-36-18-20-38(70)21-19-36)52(76)63-42(26-33(4)5)53(77)66-50(35(8)9)56(80)67-49(34(6)7)55(79)65-41(25-32(2)3)51(75)60-30-48(74)61-37/h18-21,32-35,37,39-45,49-50,70-71H,10-17,22-31H2,1-9H3,(H2,59,72)(H,60,75)(H,61,74)(H,62,73)(H,63,76)(H,64,78)(H,65,79)(H,66,77)(H,67,80)/t37-,39-,40+,41+,42-,43+,44+,45+,49-,50+/m1/s1. The average molecular weight is 1150 g/mol. The van der Waals surface area contributed by atoms with Crippen LogP contribution in [0, 0.1) is 23.7 Å². The maximum Gasteiger partial charge on any atom is 0.246 e. The van der Waals surface area contributed by atoms with Crippen LogP contribution in [0.1, 0.15) is 158 Å². The number of nitrogens with one attached hydrogen (secondary N) is 8. The zero-order chi connectivity index (χ0) is 61.0. The van der Waals surface area contributed by atoms with Crippen LogP contribution in [0.4, 0.5) is 0 Å². The first-order valence-electron chi connectivity index (χ1n) is 29.4. The van der Waals surface area contributed by atoms with Crippen LogP contribution in [-0.2, 0) is 59.2 Å². The molecule has 12 N–H and O–H groups in total. The lowest BCUT2D eigenvalue weighted by Crippen LogP contribution is -2.61. The summed E-state index contributed by atoms with van der Waals surface area (Å²) in [7, 11) is 0. The number of nitrogens with zero attached hydrogens (tertiary/aromatic N) is 2. The molecule has 3 fully saturated rings. The van der Waals surface area contributed by atoms with E-state index in [0.717, 1.165) is 30.6 Å². The summed E-state index contributed by atoms with van der Waals surface area (Å²) in [4.78, 5) is 157. The van der Waals surface area contributed by atoms with Gasteiger partial charge in [0.1, 0.15) is 54.1 Å². The Hall–Kier alpha value is -6.85. The van der Waals surface area contributed by atoms with E-state index in [2.05, 4.69) is 49.5 Å². The van der Waals surface area contributed by atoms with Crippen molar-refractivity contribution in [3.8, 4) is 5.75 Å². The highest BCUT2D eigenvalue weighted by atomic mass is 16.3. The highest BCUT2D eigenvalue weighted by Crippen LogP contribution is 2.27. The molecule has 24 nitrogen and oxygen atoms in total. The van der Waals surface area contributed by atoms with Crippen molar-refractivity contribution >= 4 is 65.0 Å². The summed E-state index contributed by atoms with van der Waals surface area (Å²) in [5, 5.41) is 43.1. The molecule has 0 saturated carbocycles. The Bertz CT molecular complexity index is 2380. The second-order valence-corrected chi connectivity index (χ2v) is 23.9. The zero-order valence-corrected chi connectivity index (χ0v) is 49.5. The molecule has 0 spiro atoms. The Morgan fingerprint density at radius 3 is 1.77 bits per heavy atom. The summed E-state index contributed by atoms with van der Waals surface area (Å²) in [5.41, 5.74) is 6.04. The van der Waals surface area contributed by atoms with Gasteiger partial charge in [0, 0.05) is 44.8 Å². The molecule has 0 radical (unpaired) electrons. The number of primary amides is 1. The number of fused-ring (bicyclic) bond motifs is 2. The van der Waals surface area contributed by atoms with Gasteiger partial charge < -0.3 is 68.3 Å². The molecule has 24 heteroatoms. The number of hydrogen-bond donors (Lipinski definition) is 11. The molecular weight excluding hydrogens is 1060 g/mol. The Morgan fingerprint density at radius 2 is 1.17 bits per heavy atom. The van der Waals surface area contributed by atoms with E-state index in [1.165, 1.54) is 17.0 Å². The number of rotatable bonds is 17. The third kappa shape index (κ3) is 21.2. The van der Waals surface area contributed by atoms with Crippen LogP contribution in [0.25, 0.3) is 0 Å². The maximum atomic E-state index is 14.7. The summed E-state index contributed by atoms with van der Waals surface area (Å²) in [6, 6.07) is -4.99. The van der Waals surface area contributed by atoms with Gasteiger partial charge >= 0.3 is 0 Å². The monoisotopic (exact) mass is 1150 g/mol. The van der Waals surface area contributed by atoms with E-state index in [-0.39, 0.29) is 82.0 Å². The first-order chi connectivity index (χ1) is 38.7. The van der Waals surface area contributed by atoms with Gasteiger partial charge in [0.15, 0.2) is 0 Å². The number of carbonyl (C=O) groups excluding carboxylic acids is 11. The second-order valence-electron chi connectivity index (χ2n) is 23.9. The number of benzene rings is 1. The molecular formula is C58H93N11O13. The molecule has 1 aromatic rings. The van der Waals surface area contributed by atoms with Gasteiger partial charge in [-0.2, -0.15) is 0 Å². The van der Waals surface area contributed by atoms with Crippen LogP contribution < -0.4 is 48.3 Å². The Labute approximate surface area is 482 Å². The molecule has 3 aliphatic heterocycles. The fourth-order valence-corrected chi connectivity index (χ4v) is 10.6. The van der Waals surface area contributed by atoms with Crippen molar-refractivity contribution in [1.82, 2.24) is 52.3 Å². The normalized spacial score (nSPS) is 26.7. The van der Waals surface area contributed by atoms with Crippen molar-refractivity contribution in [3.05, 3.63) is 29.8 Å². The molecule has 458 valence electrons. The number of aliphatic hydroxyl groups excluding tert-OH is 1. The van der Waals surface area contributed by atoms with Crippen molar-refractivity contribution < 1.29 is 63.0 Å². The Balaban J connectivity index is 1.79. The molecule has 11 amide bonds. The highest BCUT2D eigenvalue weighted by Gasteiger charge is 2.47. The number of aliphatic hydroxyl groups is 1. The van der Waals surface area contributed by atoms with Gasteiger partial charge in [-0.3, -0.25) is 52.7 Å². The van der Waals surface area contributed by atoms with Gasteiger partial charge in [-0.15, -0.1) is 0 Å². The lowest BCUT2D eigenvalue weighted by Gasteiger charge is -2.33. The van der Waals surface area contributed by atoms with Crippen molar-refractivity contribution in [2.75, 3.05) is 19.6 Å². The first kappa shape index (κ1) is 67.7. The number of aromatic hydroxyl groups is 1. The Kier molecular flexibility index (Phi) is 27.0. The van der Waals surface area contributed by atoms with Crippen LogP contribution in [0.5, 0.6) is 5.75 Å². The van der Waals surface area contributed by atoms with Crippen molar-refractivity contribution in [3.63, 3.8) is 0 Å². The van der Waals surface area contributed by atoms with E-state index >= 15 is 0 Å². The van der Waals surface area contributed by atoms with E-state index in [0.29, 0.717) is 24.8 Å². The minimum Gasteiger partial charge on any atom is -0.508 e. The van der Waals surface area contributed by atoms with Gasteiger partial charge in [0.05, 0.1) is 12.6 Å². The second kappa shape index (κ2) is 32.7. The van der Waals surface area contributed by atoms with Crippen LogP contribution in [0.3, 0.4) is 0 Å². The number of phenolic OH excluding ortho intramolecular Hbond substituents is 1. The molecule has 0 bridgehead atoms. The minimum absolute atomic E-state index is 0.0527. The average Bonchev–Trinajstić information content (AvgIpc) is 4.11. The topological polar surface area (TPSA) is 357 Å². The fraction of sp³-hybridized carbons (Fsp3) is 0.707. The van der Waals surface area contributed by atoms with Gasteiger partial charge in [-0.25, -0.2) is 0 Å². The van der Waals surface area contributed by atoms with Gasteiger partial charge in [-0.05, 0) is 79.9 Å². The molecule has 3 heterocycles. The largest absolute Gasteiger partial charge is 0.508 e. The summed E-state index contributed by atoms with van der Waals surface area (Å²) in [5.74, 6) is -9.37. The summed E-state index contributed by atoms with van der Waals surface area (Å²) in [6.45, 7) is 15.4. The van der Waals surface area contributed by atoms with Crippen molar-refractivity contribution in [2.24, 2.45) is 29.4 Å². The number of nitrogens with two attached hydrogens (primary N) is 1. The molecule has 10 atom stereocenters. The fourth-order valence-electron chi connectivity index (χ4n) is 10.6. The molecule has 0 aromatic heterocycles. The van der Waals surface area contributed by atoms with Crippen molar-refractivity contribution in [2.45, 2.75) is 219 Å². The highest BCUT2D eigenvalue weighted by molar-refractivity contribution is 5.99. The third-order valence-electron chi connectivity index (χ3n) is 15.1. The number of carbonyl (C=O) groups is 11. The van der Waals surface area contributed by atoms with E-state index in [1.54, 1.807) is 39.8 Å². The predicted molar refractivity (Wildman–Crippen MR) is 304 cm³/mol. The summed E-state index contributed by atoms with van der Waals surface area (Å²) < 4.78 is 0. The smallest absolute Gasteiger partial charge is 0.246 e. The molecule has 0 aliphatic carbocycles. The van der Waals surface area contributed by atoms with Crippen LogP contribution in [0.2, 0.25) is 0 Å². The molecule has 4 rings (SSSR count). The summed E-state index contributed by atoms with van der Waals surface area (Å²) in [6.07, 6.45) is 2.85. The first-order valence-corrected chi connectivity index (χ1v) is 29.4. The maximum absolute atomic E-state index is 14.7. The number of amides is 11. The SMILES string of the molecule is CCCCCCC[C@@H]1CC(=O)N[C@@H](CCC(N)=O)C(=O)N2C[C@H](O)C[C@H]2C(=O)N2CCC[C@H]2C(=O)N[C@@H](Cc2ccc(O)cc2)C(=O)N[C@H](CC(C)C)C(=O)N[C@@H](C(C)C)C(=O)N[C@H](C(C)C)C(=O)N[C@@H](CC(C)C)C(=O)NCC(=O)N1. The lowest BCUT2D eigenvalue weighted by atomic mass is 9.97. The lowest BCUT2D eigenvalue weighted by molar-refractivity contribution is -0.148.